The fraction of sp³-hybridized carbons (Fsp3) is 0.533. The summed E-state index contributed by atoms with van der Waals surface area (Å²) in [4.78, 5) is 13.1. The maximum Gasteiger partial charge on any atom is 0.179 e. The van der Waals surface area contributed by atoms with Gasteiger partial charge in [-0.25, -0.2) is 0 Å². The van der Waals surface area contributed by atoms with Crippen LogP contribution in [0.15, 0.2) is 12.1 Å². The van der Waals surface area contributed by atoms with Gasteiger partial charge in [-0.3, -0.25) is 9.69 Å². The molecule has 1 aromatic rings. The number of halogens is 1. The lowest BCUT2D eigenvalue weighted by Gasteiger charge is -2.26. The molecule has 1 heterocycles. The molecular weight excluding hydrogens is 294 g/mol. The molecule has 1 aromatic carbocycles. The first-order valence-electron chi connectivity index (χ1n) is 7.09. The average molecular weight is 314 g/mol. The average Bonchev–Trinajstić information content (AvgIpc) is 2.51. The van der Waals surface area contributed by atoms with Crippen LogP contribution in [0.25, 0.3) is 0 Å². The van der Waals surface area contributed by atoms with Crippen LogP contribution in [0, 0.1) is 0 Å². The van der Waals surface area contributed by atoms with E-state index >= 15 is 0 Å². The zero-order chi connectivity index (χ0) is 15.1. The molecule has 0 atom stereocenters. The van der Waals surface area contributed by atoms with Crippen LogP contribution in [0.1, 0.15) is 17.3 Å². The molecule has 6 heteroatoms. The molecule has 0 saturated carbocycles. The van der Waals surface area contributed by atoms with E-state index in [0.717, 1.165) is 39.1 Å². The first-order valence-corrected chi connectivity index (χ1v) is 7.46. The first kappa shape index (κ1) is 16.1. The molecule has 1 saturated heterocycles. The highest BCUT2D eigenvalue weighted by Gasteiger charge is 2.14. The van der Waals surface area contributed by atoms with E-state index in [1.165, 1.54) is 0 Å². The summed E-state index contributed by atoms with van der Waals surface area (Å²) in [6.45, 7) is 7.04. The molecule has 2 rings (SSSR count). The highest BCUT2D eigenvalue weighted by atomic mass is 35.5. The minimum absolute atomic E-state index is 0.394. The molecule has 5 nitrogen and oxygen atoms in total. The summed E-state index contributed by atoms with van der Waals surface area (Å²) < 4.78 is 16.6. The van der Waals surface area contributed by atoms with Crippen LogP contribution in [-0.4, -0.2) is 57.2 Å². The second-order valence-electron chi connectivity index (χ2n) is 4.68. The normalized spacial score (nSPS) is 15.7. The van der Waals surface area contributed by atoms with Gasteiger partial charge in [-0.1, -0.05) is 11.6 Å². The van der Waals surface area contributed by atoms with Crippen LogP contribution >= 0.6 is 11.6 Å². The molecule has 0 aromatic heterocycles. The van der Waals surface area contributed by atoms with Gasteiger partial charge in [0.25, 0.3) is 0 Å². The number of carbonyl (C=O) groups is 1. The number of hydrogen-bond acceptors (Lipinski definition) is 5. The van der Waals surface area contributed by atoms with E-state index in [-0.39, 0.29) is 0 Å². The van der Waals surface area contributed by atoms with Crippen molar-refractivity contribution in [3.8, 4) is 11.5 Å². The van der Waals surface area contributed by atoms with E-state index in [1.807, 2.05) is 6.92 Å². The minimum atomic E-state index is 0.394. The molecule has 0 radical (unpaired) electrons. The summed E-state index contributed by atoms with van der Waals surface area (Å²) >= 11 is 6.17. The summed E-state index contributed by atoms with van der Waals surface area (Å²) in [5.74, 6) is 1.01. The van der Waals surface area contributed by atoms with E-state index < -0.39 is 0 Å². The summed E-state index contributed by atoms with van der Waals surface area (Å²) in [5.41, 5.74) is 0.476. The zero-order valence-electron chi connectivity index (χ0n) is 12.1. The summed E-state index contributed by atoms with van der Waals surface area (Å²) in [5, 5.41) is 0.394. The lowest BCUT2D eigenvalue weighted by atomic mass is 10.2. The Kier molecular flexibility index (Phi) is 6.29. The van der Waals surface area contributed by atoms with E-state index in [0.29, 0.717) is 35.3 Å². The molecule has 116 valence electrons. The maximum atomic E-state index is 10.9. The predicted octanol–water partition coefficient (Wildman–Crippen LogP) is 2.26. The van der Waals surface area contributed by atoms with Crippen molar-refractivity contribution in [2.75, 3.05) is 46.1 Å². The molecule has 0 N–H and O–H groups in total. The van der Waals surface area contributed by atoms with Gasteiger partial charge >= 0.3 is 0 Å². The van der Waals surface area contributed by atoms with Crippen molar-refractivity contribution < 1.29 is 19.0 Å². The highest BCUT2D eigenvalue weighted by molar-refractivity contribution is 6.32. The van der Waals surface area contributed by atoms with Gasteiger partial charge in [0, 0.05) is 25.2 Å². The maximum absolute atomic E-state index is 10.9. The number of carbonyl (C=O) groups excluding carboxylic acids is 1. The fourth-order valence-electron chi connectivity index (χ4n) is 2.16. The fourth-order valence-corrected chi connectivity index (χ4v) is 2.43. The number of hydrogen-bond donors (Lipinski definition) is 0. The highest BCUT2D eigenvalue weighted by Crippen LogP contribution is 2.36. The molecule has 0 spiro atoms. The van der Waals surface area contributed by atoms with Gasteiger partial charge in [0.1, 0.15) is 12.9 Å². The molecule has 21 heavy (non-hydrogen) atoms. The Labute approximate surface area is 129 Å². The largest absolute Gasteiger partial charge is 0.490 e. The number of nitrogens with zero attached hydrogens (tertiary/aromatic N) is 1. The number of aldehydes is 1. The Balaban J connectivity index is 1.98. The van der Waals surface area contributed by atoms with Crippen LogP contribution in [0.4, 0.5) is 0 Å². The number of benzene rings is 1. The molecule has 1 aliphatic rings. The molecule has 1 fully saturated rings. The zero-order valence-corrected chi connectivity index (χ0v) is 12.9. The summed E-state index contributed by atoms with van der Waals surface area (Å²) in [6, 6.07) is 3.23. The van der Waals surface area contributed by atoms with E-state index in [9.17, 15) is 4.79 Å². The van der Waals surface area contributed by atoms with Crippen molar-refractivity contribution in [1.29, 1.82) is 0 Å². The van der Waals surface area contributed by atoms with Gasteiger partial charge in [-0.2, -0.15) is 0 Å². The third-order valence-electron chi connectivity index (χ3n) is 3.23. The van der Waals surface area contributed by atoms with Gasteiger partial charge in [-0.05, 0) is 19.1 Å². The monoisotopic (exact) mass is 313 g/mol. The van der Waals surface area contributed by atoms with E-state index in [1.54, 1.807) is 12.1 Å². The van der Waals surface area contributed by atoms with Gasteiger partial charge in [0.2, 0.25) is 0 Å². The SMILES string of the molecule is CCOc1cc(C=O)cc(Cl)c1OCCN1CCOCC1. The Morgan fingerprint density at radius 1 is 1.33 bits per heavy atom. The van der Waals surface area contributed by atoms with Gasteiger partial charge in [-0.15, -0.1) is 0 Å². The lowest BCUT2D eigenvalue weighted by molar-refractivity contribution is 0.0321. The van der Waals surface area contributed by atoms with Crippen molar-refractivity contribution in [1.82, 2.24) is 4.90 Å². The van der Waals surface area contributed by atoms with Crippen molar-refractivity contribution in [3.05, 3.63) is 22.7 Å². The summed E-state index contributed by atoms with van der Waals surface area (Å²) in [6.07, 6.45) is 0.742. The van der Waals surface area contributed by atoms with Crippen molar-refractivity contribution in [2.45, 2.75) is 6.92 Å². The second kappa shape index (κ2) is 8.22. The van der Waals surface area contributed by atoms with E-state index in [2.05, 4.69) is 4.90 Å². The van der Waals surface area contributed by atoms with Crippen LogP contribution in [0.2, 0.25) is 5.02 Å². The van der Waals surface area contributed by atoms with Gasteiger partial charge in [0.15, 0.2) is 11.5 Å². The van der Waals surface area contributed by atoms with Crippen LogP contribution in [0.5, 0.6) is 11.5 Å². The van der Waals surface area contributed by atoms with Gasteiger partial charge < -0.3 is 14.2 Å². The molecule has 0 aliphatic carbocycles. The van der Waals surface area contributed by atoms with Crippen molar-refractivity contribution in [2.24, 2.45) is 0 Å². The quantitative estimate of drug-likeness (QED) is 0.723. The Hall–Kier alpha value is -1.30. The molecule has 0 bridgehead atoms. The van der Waals surface area contributed by atoms with Crippen molar-refractivity contribution in [3.63, 3.8) is 0 Å². The second-order valence-corrected chi connectivity index (χ2v) is 5.09. The smallest absolute Gasteiger partial charge is 0.179 e. The summed E-state index contributed by atoms with van der Waals surface area (Å²) in [7, 11) is 0. The van der Waals surface area contributed by atoms with Gasteiger partial charge in [0.05, 0.1) is 24.8 Å². The lowest BCUT2D eigenvalue weighted by Crippen LogP contribution is -2.38. The third-order valence-corrected chi connectivity index (χ3v) is 3.51. The molecule has 0 amide bonds. The van der Waals surface area contributed by atoms with Crippen LogP contribution in [-0.2, 0) is 4.74 Å². The Morgan fingerprint density at radius 3 is 2.76 bits per heavy atom. The van der Waals surface area contributed by atoms with E-state index in [4.69, 9.17) is 25.8 Å². The molecule has 0 unspecified atom stereocenters. The molecular formula is C15H20ClNO4. The number of ether oxygens (including phenoxy) is 3. The molecule has 1 aliphatic heterocycles. The Morgan fingerprint density at radius 2 is 2.10 bits per heavy atom. The number of rotatable bonds is 7. The standard InChI is InChI=1S/C15H20ClNO4/c1-2-20-14-10-12(11-18)9-13(16)15(14)21-8-5-17-3-6-19-7-4-17/h9-11H,2-8H2,1H3. The van der Waals surface area contributed by atoms with Crippen LogP contribution in [0.3, 0.4) is 0 Å². The minimum Gasteiger partial charge on any atom is -0.490 e. The van der Waals surface area contributed by atoms with Crippen molar-refractivity contribution >= 4 is 17.9 Å². The number of morpholine rings is 1. The van der Waals surface area contributed by atoms with Crippen LogP contribution < -0.4 is 9.47 Å². The topological polar surface area (TPSA) is 48.0 Å². The Bertz CT molecular complexity index is 475. The third kappa shape index (κ3) is 4.59. The predicted molar refractivity (Wildman–Crippen MR) is 80.8 cm³/mol. The first-order chi connectivity index (χ1) is 10.2.